The fourth-order valence-electron chi connectivity index (χ4n) is 1.82. The molecule has 3 nitrogen and oxygen atoms in total. The molecule has 0 aliphatic heterocycles. The predicted octanol–water partition coefficient (Wildman–Crippen LogP) is 3.26. The molecule has 0 bridgehead atoms. The Kier molecular flexibility index (Phi) is 2.76. The fourth-order valence-corrected chi connectivity index (χ4v) is 2.34. The van der Waals surface area contributed by atoms with Gasteiger partial charge in [-0.25, -0.2) is 13.9 Å². The molecule has 0 fully saturated rings. The third kappa shape index (κ3) is 1.86. The topological polar surface area (TPSA) is 30.2 Å². The molecule has 0 unspecified atom stereocenters. The largest absolute Gasteiger partial charge is 0.246 e. The molecule has 5 heteroatoms. The number of thioether (sulfide) groups is 1. The summed E-state index contributed by atoms with van der Waals surface area (Å²) in [4.78, 5) is 4.29. The van der Waals surface area contributed by atoms with Crippen LogP contribution in [0.5, 0.6) is 0 Å². The van der Waals surface area contributed by atoms with Crippen molar-refractivity contribution < 1.29 is 4.39 Å². The van der Waals surface area contributed by atoms with Crippen LogP contribution in [0.3, 0.4) is 0 Å². The molecule has 0 saturated carbocycles. The molecule has 3 rings (SSSR count). The van der Waals surface area contributed by atoms with Gasteiger partial charge in [0.15, 0.2) is 0 Å². The predicted molar refractivity (Wildman–Crippen MR) is 70.2 cm³/mol. The van der Waals surface area contributed by atoms with Crippen LogP contribution in [0.2, 0.25) is 0 Å². The molecule has 0 N–H and O–H groups in total. The van der Waals surface area contributed by atoms with Gasteiger partial charge in [-0.15, -0.1) is 11.8 Å². The first-order valence-electron chi connectivity index (χ1n) is 5.42. The highest BCUT2D eigenvalue weighted by molar-refractivity contribution is 7.98. The van der Waals surface area contributed by atoms with Crippen LogP contribution in [0.1, 0.15) is 0 Å². The van der Waals surface area contributed by atoms with Crippen LogP contribution in [0.4, 0.5) is 4.39 Å². The molecular formula is C13H10FN3S. The minimum absolute atomic E-state index is 0.242. The maximum Gasteiger partial charge on any atom is 0.123 e. The van der Waals surface area contributed by atoms with Gasteiger partial charge < -0.3 is 0 Å². The second kappa shape index (κ2) is 4.42. The second-order valence-corrected chi connectivity index (χ2v) is 4.60. The van der Waals surface area contributed by atoms with E-state index in [4.69, 9.17) is 0 Å². The molecule has 2 aromatic heterocycles. The van der Waals surface area contributed by atoms with Crippen molar-refractivity contribution in [3.63, 3.8) is 0 Å². The Bertz CT molecular complexity index is 691. The molecule has 0 spiro atoms. The van der Waals surface area contributed by atoms with Crippen molar-refractivity contribution in [2.24, 2.45) is 0 Å². The van der Waals surface area contributed by atoms with E-state index in [0.29, 0.717) is 0 Å². The summed E-state index contributed by atoms with van der Waals surface area (Å²) in [6.45, 7) is 0. The summed E-state index contributed by atoms with van der Waals surface area (Å²) in [5.41, 5.74) is 2.68. The maximum absolute atomic E-state index is 12.9. The van der Waals surface area contributed by atoms with Gasteiger partial charge in [0.05, 0.1) is 11.2 Å². The van der Waals surface area contributed by atoms with Gasteiger partial charge in [-0.05, 0) is 36.6 Å². The lowest BCUT2D eigenvalue weighted by Gasteiger charge is -1.96. The van der Waals surface area contributed by atoms with E-state index in [1.807, 2.05) is 18.5 Å². The minimum Gasteiger partial charge on any atom is -0.246 e. The summed E-state index contributed by atoms with van der Waals surface area (Å²) >= 11 is 1.58. The van der Waals surface area contributed by atoms with Crippen LogP contribution >= 0.6 is 11.8 Å². The Morgan fingerprint density at radius 2 is 2.00 bits per heavy atom. The number of aromatic nitrogens is 3. The Hall–Kier alpha value is -1.88. The van der Waals surface area contributed by atoms with Crippen molar-refractivity contribution in [3.8, 4) is 11.3 Å². The summed E-state index contributed by atoms with van der Waals surface area (Å²) < 4.78 is 14.7. The van der Waals surface area contributed by atoms with Gasteiger partial charge in [0, 0.05) is 18.0 Å². The van der Waals surface area contributed by atoms with E-state index < -0.39 is 0 Å². The van der Waals surface area contributed by atoms with Gasteiger partial charge in [0.1, 0.15) is 10.8 Å². The number of rotatable bonds is 2. The van der Waals surface area contributed by atoms with Crippen LogP contribution in [-0.4, -0.2) is 20.9 Å². The monoisotopic (exact) mass is 259 g/mol. The Balaban J connectivity index is 2.16. The third-order valence-corrected chi connectivity index (χ3v) is 3.39. The average molecular weight is 259 g/mol. The lowest BCUT2D eigenvalue weighted by atomic mass is 10.1. The van der Waals surface area contributed by atoms with Gasteiger partial charge >= 0.3 is 0 Å². The number of halogens is 1. The van der Waals surface area contributed by atoms with Crippen molar-refractivity contribution in [1.29, 1.82) is 0 Å². The van der Waals surface area contributed by atoms with Crippen molar-refractivity contribution >= 4 is 17.3 Å². The highest BCUT2D eigenvalue weighted by Gasteiger charge is 2.08. The zero-order valence-electron chi connectivity index (χ0n) is 9.67. The maximum atomic E-state index is 12.9. The number of nitrogens with zero attached hydrogens (tertiary/aromatic N) is 3. The van der Waals surface area contributed by atoms with Crippen LogP contribution in [0.15, 0.2) is 47.8 Å². The van der Waals surface area contributed by atoms with Gasteiger partial charge in [-0.1, -0.05) is 0 Å². The van der Waals surface area contributed by atoms with E-state index in [1.165, 1.54) is 12.1 Å². The van der Waals surface area contributed by atoms with Crippen molar-refractivity contribution in [1.82, 2.24) is 14.6 Å². The van der Waals surface area contributed by atoms with E-state index in [1.54, 1.807) is 34.6 Å². The van der Waals surface area contributed by atoms with E-state index in [2.05, 4.69) is 10.1 Å². The van der Waals surface area contributed by atoms with Crippen molar-refractivity contribution in [2.75, 3.05) is 6.26 Å². The van der Waals surface area contributed by atoms with Crippen LogP contribution in [-0.2, 0) is 0 Å². The Morgan fingerprint density at radius 3 is 2.72 bits per heavy atom. The number of hydrogen-bond acceptors (Lipinski definition) is 3. The number of benzene rings is 1. The highest BCUT2D eigenvalue weighted by atomic mass is 32.2. The molecule has 90 valence electrons. The zero-order chi connectivity index (χ0) is 12.5. The summed E-state index contributed by atoms with van der Waals surface area (Å²) in [7, 11) is 0. The average Bonchev–Trinajstić information content (AvgIpc) is 2.83. The smallest absolute Gasteiger partial charge is 0.123 e. The highest BCUT2D eigenvalue weighted by Crippen LogP contribution is 2.24. The molecule has 0 amide bonds. The molecular weight excluding hydrogens is 249 g/mol. The lowest BCUT2D eigenvalue weighted by molar-refractivity contribution is 0.628. The quantitative estimate of drug-likeness (QED) is 0.662. The number of hydrogen-bond donors (Lipinski definition) is 0. The SMILES string of the molecule is CSc1nccn2nc(-c3ccc(F)cc3)cc12. The zero-order valence-corrected chi connectivity index (χ0v) is 10.5. The summed E-state index contributed by atoms with van der Waals surface area (Å²) in [5.74, 6) is -0.242. The van der Waals surface area contributed by atoms with Crippen molar-refractivity contribution in [2.45, 2.75) is 5.03 Å². The van der Waals surface area contributed by atoms with Crippen LogP contribution < -0.4 is 0 Å². The van der Waals surface area contributed by atoms with Gasteiger partial charge in [-0.2, -0.15) is 5.10 Å². The molecule has 0 aliphatic rings. The summed E-state index contributed by atoms with van der Waals surface area (Å²) in [6, 6.07) is 8.29. The molecule has 0 radical (unpaired) electrons. The summed E-state index contributed by atoms with van der Waals surface area (Å²) in [5, 5.41) is 5.39. The summed E-state index contributed by atoms with van der Waals surface area (Å²) in [6.07, 6.45) is 5.51. The van der Waals surface area contributed by atoms with E-state index in [9.17, 15) is 4.39 Å². The van der Waals surface area contributed by atoms with Gasteiger partial charge in [0.25, 0.3) is 0 Å². The number of fused-ring (bicyclic) bond motifs is 1. The molecule has 0 aliphatic carbocycles. The van der Waals surface area contributed by atoms with E-state index >= 15 is 0 Å². The second-order valence-electron chi connectivity index (χ2n) is 3.80. The first-order valence-corrected chi connectivity index (χ1v) is 6.65. The molecule has 2 heterocycles. The van der Waals surface area contributed by atoms with Gasteiger partial charge in [0.2, 0.25) is 0 Å². The lowest BCUT2D eigenvalue weighted by Crippen LogP contribution is -1.90. The van der Waals surface area contributed by atoms with Crippen LogP contribution in [0.25, 0.3) is 16.8 Å². The van der Waals surface area contributed by atoms with E-state index in [-0.39, 0.29) is 5.82 Å². The molecule has 1 aromatic carbocycles. The van der Waals surface area contributed by atoms with Crippen molar-refractivity contribution in [3.05, 3.63) is 48.5 Å². The first-order chi connectivity index (χ1) is 8.78. The molecule has 0 atom stereocenters. The fraction of sp³-hybridized carbons (Fsp3) is 0.0769. The Morgan fingerprint density at radius 1 is 1.22 bits per heavy atom. The van der Waals surface area contributed by atoms with Crippen LogP contribution in [0, 0.1) is 5.82 Å². The third-order valence-electron chi connectivity index (χ3n) is 2.69. The van der Waals surface area contributed by atoms with Gasteiger partial charge in [-0.3, -0.25) is 0 Å². The molecule has 18 heavy (non-hydrogen) atoms. The first kappa shape index (κ1) is 11.2. The van der Waals surface area contributed by atoms with E-state index in [0.717, 1.165) is 21.8 Å². The molecule has 3 aromatic rings. The minimum atomic E-state index is -0.242. The standard InChI is InChI=1S/C13H10FN3S/c1-18-13-12-8-11(16-17(12)7-6-15-13)9-2-4-10(14)5-3-9/h2-8H,1H3. The normalized spacial score (nSPS) is 11.0. The molecule has 0 saturated heterocycles. The Labute approximate surface area is 108 Å².